The topological polar surface area (TPSA) is 102 Å². The second-order valence-corrected chi connectivity index (χ2v) is 4.68. The fourth-order valence-electron chi connectivity index (χ4n) is 1.78. The summed E-state index contributed by atoms with van der Waals surface area (Å²) in [5.41, 5.74) is 1.09. The van der Waals surface area contributed by atoms with Gasteiger partial charge in [0.05, 0.1) is 11.6 Å². The van der Waals surface area contributed by atoms with Crippen molar-refractivity contribution in [3.05, 3.63) is 54.1 Å². The predicted molar refractivity (Wildman–Crippen MR) is 80.5 cm³/mol. The number of hydrogen-bond acceptors (Lipinski definition) is 5. The van der Waals surface area contributed by atoms with E-state index >= 15 is 0 Å². The highest BCUT2D eigenvalue weighted by atomic mass is 16.5. The van der Waals surface area contributed by atoms with Gasteiger partial charge in [0.2, 0.25) is 5.91 Å². The fourth-order valence-corrected chi connectivity index (χ4v) is 1.78. The van der Waals surface area contributed by atoms with E-state index in [1.54, 1.807) is 48.5 Å². The lowest BCUT2D eigenvalue weighted by atomic mass is 10.2. The Morgan fingerprint density at radius 3 is 2.09 bits per heavy atom. The molecule has 1 amide bonds. The normalized spacial score (nSPS) is 9.70. The van der Waals surface area contributed by atoms with Crippen LogP contribution in [0.25, 0.3) is 0 Å². The molecule has 0 aromatic heterocycles. The number of carbonyl (C=O) groups excluding carboxylic acids is 2. The van der Waals surface area contributed by atoms with Gasteiger partial charge in [0.15, 0.2) is 0 Å². The lowest BCUT2D eigenvalue weighted by molar-refractivity contribution is -0.305. The number of carbonyl (C=O) groups is 2. The van der Waals surface area contributed by atoms with Crippen LogP contribution in [0.15, 0.2) is 48.5 Å². The van der Waals surface area contributed by atoms with Crippen LogP contribution in [-0.4, -0.2) is 11.9 Å². The number of ether oxygens (including phenoxy) is 1. The minimum absolute atomic E-state index is 0.133. The van der Waals surface area contributed by atoms with E-state index in [0.29, 0.717) is 22.7 Å². The molecule has 0 spiro atoms. The van der Waals surface area contributed by atoms with Gasteiger partial charge in [0.25, 0.3) is 0 Å². The predicted octanol–water partition coefficient (Wildman–Crippen LogP) is 1.82. The number of nitrogens with zero attached hydrogens (tertiary/aromatic N) is 1. The van der Waals surface area contributed by atoms with Crippen LogP contribution in [-0.2, 0) is 9.59 Å². The first kappa shape index (κ1) is 16.0. The van der Waals surface area contributed by atoms with Gasteiger partial charge in [-0.2, -0.15) is 5.26 Å². The number of aliphatic carboxylic acids is 1. The molecule has 6 heteroatoms. The van der Waals surface area contributed by atoms with Crippen LogP contribution in [0.5, 0.6) is 11.5 Å². The minimum Gasteiger partial charge on any atom is -0.550 e. The third kappa shape index (κ3) is 5.17. The Morgan fingerprint density at radius 2 is 1.57 bits per heavy atom. The number of carboxylic acid groups (broad SMARTS) is 1. The van der Waals surface area contributed by atoms with Gasteiger partial charge in [-0.25, -0.2) is 0 Å². The SMILES string of the molecule is N#Cc1ccc(Oc2ccc(NC(=O)CCC(=O)[O-])cc2)cc1. The van der Waals surface area contributed by atoms with Crippen molar-refractivity contribution in [3.8, 4) is 17.6 Å². The highest BCUT2D eigenvalue weighted by Gasteiger charge is 2.03. The van der Waals surface area contributed by atoms with E-state index in [1.165, 1.54) is 0 Å². The number of benzene rings is 2. The molecule has 6 nitrogen and oxygen atoms in total. The van der Waals surface area contributed by atoms with Gasteiger partial charge < -0.3 is 20.0 Å². The van der Waals surface area contributed by atoms with Crippen LogP contribution in [0.3, 0.4) is 0 Å². The first-order valence-corrected chi connectivity index (χ1v) is 6.84. The standard InChI is InChI=1S/C17H14N2O4/c18-11-12-1-5-14(6-2-12)23-15-7-3-13(4-8-15)19-16(20)9-10-17(21)22/h1-8H,9-10H2,(H,19,20)(H,21,22)/p-1. The zero-order valence-corrected chi connectivity index (χ0v) is 12.1. The summed E-state index contributed by atoms with van der Waals surface area (Å²) in [5, 5.41) is 21.6. The van der Waals surface area contributed by atoms with E-state index in [9.17, 15) is 14.7 Å². The molecule has 0 aliphatic heterocycles. The van der Waals surface area contributed by atoms with Crippen LogP contribution in [0.2, 0.25) is 0 Å². The van der Waals surface area contributed by atoms with Gasteiger partial charge in [-0.3, -0.25) is 4.79 Å². The van der Waals surface area contributed by atoms with Gasteiger partial charge >= 0.3 is 0 Å². The third-order valence-corrected chi connectivity index (χ3v) is 2.91. The molecule has 1 N–H and O–H groups in total. The third-order valence-electron chi connectivity index (χ3n) is 2.91. The zero-order valence-electron chi connectivity index (χ0n) is 12.1. The van der Waals surface area contributed by atoms with E-state index in [0.717, 1.165) is 0 Å². The lowest BCUT2D eigenvalue weighted by Gasteiger charge is -2.08. The largest absolute Gasteiger partial charge is 0.550 e. The molecule has 0 aliphatic carbocycles. The number of anilines is 1. The van der Waals surface area contributed by atoms with Crippen LogP contribution < -0.4 is 15.2 Å². The van der Waals surface area contributed by atoms with Crippen LogP contribution >= 0.6 is 0 Å². The Balaban J connectivity index is 1.92. The van der Waals surface area contributed by atoms with Crippen molar-refractivity contribution in [3.63, 3.8) is 0 Å². The van der Waals surface area contributed by atoms with E-state index < -0.39 is 11.9 Å². The zero-order chi connectivity index (χ0) is 16.7. The van der Waals surface area contributed by atoms with Gasteiger partial charge in [-0.1, -0.05) is 0 Å². The summed E-state index contributed by atoms with van der Waals surface area (Å²) in [7, 11) is 0. The summed E-state index contributed by atoms with van der Waals surface area (Å²) < 4.78 is 5.61. The maximum absolute atomic E-state index is 11.5. The molecular formula is C17H13N2O4-. The highest BCUT2D eigenvalue weighted by molar-refractivity contribution is 5.92. The van der Waals surface area contributed by atoms with Crippen molar-refractivity contribution in [1.82, 2.24) is 0 Å². The molecule has 0 fully saturated rings. The summed E-state index contributed by atoms with van der Waals surface area (Å²) in [5.74, 6) is -0.488. The van der Waals surface area contributed by atoms with Crippen molar-refractivity contribution >= 4 is 17.6 Å². The van der Waals surface area contributed by atoms with E-state index in [4.69, 9.17) is 10.00 Å². The molecule has 2 aromatic rings. The summed E-state index contributed by atoms with van der Waals surface area (Å²) >= 11 is 0. The Hall–Kier alpha value is -3.33. The molecule has 0 unspecified atom stereocenters. The number of rotatable bonds is 6. The average molecular weight is 309 g/mol. The second kappa shape index (κ2) is 7.61. The van der Waals surface area contributed by atoms with Crippen LogP contribution in [0, 0.1) is 11.3 Å². The van der Waals surface area contributed by atoms with Gasteiger partial charge in [0, 0.05) is 18.1 Å². The minimum atomic E-state index is -1.26. The smallest absolute Gasteiger partial charge is 0.224 e. The molecule has 2 aromatic carbocycles. The first-order chi connectivity index (χ1) is 11.1. The molecule has 0 saturated carbocycles. The molecular weight excluding hydrogens is 296 g/mol. The number of nitrogens with one attached hydrogen (secondary N) is 1. The van der Waals surface area contributed by atoms with E-state index in [1.807, 2.05) is 6.07 Å². The van der Waals surface area contributed by atoms with E-state index in [2.05, 4.69) is 5.32 Å². The number of amides is 1. The number of nitriles is 1. The monoisotopic (exact) mass is 309 g/mol. The number of carboxylic acids is 1. The van der Waals surface area contributed by atoms with Gasteiger partial charge in [0.1, 0.15) is 11.5 Å². The van der Waals surface area contributed by atoms with Crippen molar-refractivity contribution in [2.24, 2.45) is 0 Å². The Kier molecular flexibility index (Phi) is 5.31. The highest BCUT2D eigenvalue weighted by Crippen LogP contribution is 2.23. The molecule has 0 radical (unpaired) electrons. The maximum Gasteiger partial charge on any atom is 0.224 e. The fraction of sp³-hybridized carbons (Fsp3) is 0.118. The van der Waals surface area contributed by atoms with Crippen LogP contribution in [0.1, 0.15) is 18.4 Å². The second-order valence-electron chi connectivity index (χ2n) is 4.68. The van der Waals surface area contributed by atoms with E-state index in [-0.39, 0.29) is 12.8 Å². The Bertz CT molecular complexity index is 731. The summed E-state index contributed by atoms with van der Waals surface area (Å²) in [6.07, 6.45) is -0.447. The maximum atomic E-state index is 11.5. The summed E-state index contributed by atoms with van der Waals surface area (Å²) in [6, 6.07) is 15.4. The van der Waals surface area contributed by atoms with Gasteiger partial charge in [-0.15, -0.1) is 0 Å². The quantitative estimate of drug-likeness (QED) is 0.876. The van der Waals surface area contributed by atoms with Crippen molar-refractivity contribution in [2.45, 2.75) is 12.8 Å². The summed E-state index contributed by atoms with van der Waals surface area (Å²) in [6.45, 7) is 0. The first-order valence-electron chi connectivity index (χ1n) is 6.84. The van der Waals surface area contributed by atoms with Gasteiger partial charge in [-0.05, 0) is 55.0 Å². The molecule has 23 heavy (non-hydrogen) atoms. The molecule has 0 atom stereocenters. The van der Waals surface area contributed by atoms with Crippen molar-refractivity contribution in [2.75, 3.05) is 5.32 Å². The Morgan fingerprint density at radius 1 is 1.00 bits per heavy atom. The Labute approximate surface area is 132 Å². The molecule has 2 rings (SSSR count). The summed E-state index contributed by atoms with van der Waals surface area (Å²) in [4.78, 5) is 21.8. The van der Waals surface area contributed by atoms with Crippen LogP contribution in [0.4, 0.5) is 5.69 Å². The molecule has 0 bridgehead atoms. The number of hydrogen-bond donors (Lipinski definition) is 1. The molecule has 0 heterocycles. The van der Waals surface area contributed by atoms with Crippen molar-refractivity contribution in [1.29, 1.82) is 5.26 Å². The molecule has 116 valence electrons. The van der Waals surface area contributed by atoms with Crippen molar-refractivity contribution < 1.29 is 19.4 Å². The molecule has 0 saturated heterocycles. The average Bonchev–Trinajstić information content (AvgIpc) is 2.55. The lowest BCUT2D eigenvalue weighted by Crippen LogP contribution is -2.24. The molecule has 0 aliphatic rings.